The number of hydrogen-bond donors (Lipinski definition) is 1. The Labute approximate surface area is 92.6 Å². The molecule has 0 saturated carbocycles. The van der Waals surface area contributed by atoms with Gasteiger partial charge in [-0.05, 0) is 33.4 Å². The van der Waals surface area contributed by atoms with Gasteiger partial charge in [-0.3, -0.25) is 9.69 Å². The van der Waals surface area contributed by atoms with Crippen molar-refractivity contribution in [3.05, 3.63) is 0 Å². The maximum atomic E-state index is 11.7. The minimum atomic E-state index is 0.213. The molecule has 0 aromatic heterocycles. The molecule has 0 aliphatic carbocycles. The fourth-order valence-corrected chi connectivity index (χ4v) is 1.85. The summed E-state index contributed by atoms with van der Waals surface area (Å²) in [5.41, 5.74) is 0. The molecule has 0 bridgehead atoms. The lowest BCUT2D eigenvalue weighted by Crippen LogP contribution is -2.47. The highest BCUT2D eigenvalue weighted by atomic mass is 16.2. The molecule has 15 heavy (non-hydrogen) atoms. The minimum absolute atomic E-state index is 0.213. The second-order valence-electron chi connectivity index (χ2n) is 4.32. The summed E-state index contributed by atoms with van der Waals surface area (Å²) in [7, 11) is 3.90. The van der Waals surface area contributed by atoms with Crippen LogP contribution in [0.25, 0.3) is 0 Å². The smallest absolute Gasteiger partial charge is 0.236 e. The van der Waals surface area contributed by atoms with Crippen LogP contribution in [-0.4, -0.2) is 62.0 Å². The molecule has 1 atom stereocenters. The van der Waals surface area contributed by atoms with E-state index < -0.39 is 0 Å². The zero-order valence-electron chi connectivity index (χ0n) is 10.1. The second-order valence-corrected chi connectivity index (χ2v) is 4.32. The lowest BCUT2D eigenvalue weighted by Gasteiger charge is -2.32. The highest BCUT2D eigenvalue weighted by molar-refractivity contribution is 5.77. The predicted molar refractivity (Wildman–Crippen MR) is 61.8 cm³/mol. The molecule has 1 N–H and O–H groups in total. The summed E-state index contributed by atoms with van der Waals surface area (Å²) < 4.78 is 0. The summed E-state index contributed by atoms with van der Waals surface area (Å²) >= 11 is 0. The molecule has 0 radical (unpaired) electrons. The molecule has 1 amide bonds. The van der Waals surface area contributed by atoms with Crippen molar-refractivity contribution in [2.75, 3.05) is 40.3 Å². The monoisotopic (exact) mass is 213 g/mol. The number of rotatable bonds is 4. The van der Waals surface area contributed by atoms with E-state index in [0.717, 1.165) is 19.6 Å². The average Bonchev–Trinajstić information content (AvgIpc) is 2.29. The van der Waals surface area contributed by atoms with Gasteiger partial charge in [-0.1, -0.05) is 0 Å². The molecule has 1 unspecified atom stereocenters. The molecule has 1 fully saturated rings. The van der Waals surface area contributed by atoms with Crippen molar-refractivity contribution in [1.82, 2.24) is 15.1 Å². The molecule has 0 aromatic carbocycles. The van der Waals surface area contributed by atoms with Crippen LogP contribution >= 0.6 is 0 Å². The van der Waals surface area contributed by atoms with E-state index >= 15 is 0 Å². The zero-order chi connectivity index (χ0) is 11.3. The molecule has 88 valence electrons. The summed E-state index contributed by atoms with van der Waals surface area (Å²) in [6, 6.07) is 0.521. The van der Waals surface area contributed by atoms with E-state index in [9.17, 15) is 4.79 Å². The quantitative estimate of drug-likeness (QED) is 0.722. The summed E-state index contributed by atoms with van der Waals surface area (Å²) in [4.78, 5) is 15.6. The van der Waals surface area contributed by atoms with Gasteiger partial charge in [-0.2, -0.15) is 0 Å². The van der Waals surface area contributed by atoms with Gasteiger partial charge in [0.05, 0.1) is 6.54 Å². The standard InChI is InChI=1S/C11H23N3O/c1-4-13(2)11(15)9-14(3)10-6-5-7-12-8-10/h10,12H,4-9H2,1-3H3. The first-order valence-corrected chi connectivity index (χ1v) is 5.80. The van der Waals surface area contributed by atoms with Gasteiger partial charge in [0.25, 0.3) is 0 Å². The summed E-state index contributed by atoms with van der Waals surface area (Å²) in [5.74, 6) is 0.213. The van der Waals surface area contributed by atoms with Crippen molar-refractivity contribution >= 4 is 5.91 Å². The van der Waals surface area contributed by atoms with Crippen LogP contribution in [0, 0.1) is 0 Å². The number of piperidine rings is 1. The molecule has 1 aliphatic heterocycles. The predicted octanol–water partition coefficient (Wildman–Crippen LogP) is 0.149. The Kier molecular flexibility index (Phi) is 5.05. The number of carbonyl (C=O) groups excluding carboxylic acids is 1. The maximum absolute atomic E-state index is 11.7. The normalized spacial score (nSPS) is 21.7. The van der Waals surface area contributed by atoms with E-state index in [4.69, 9.17) is 0 Å². The van der Waals surface area contributed by atoms with Crippen molar-refractivity contribution in [3.63, 3.8) is 0 Å². The van der Waals surface area contributed by atoms with E-state index in [0.29, 0.717) is 12.6 Å². The Balaban J connectivity index is 2.33. The Morgan fingerprint density at radius 2 is 2.20 bits per heavy atom. The van der Waals surface area contributed by atoms with Crippen LogP contribution in [0.3, 0.4) is 0 Å². The number of likely N-dealkylation sites (N-methyl/N-ethyl adjacent to an activating group) is 2. The molecule has 1 saturated heterocycles. The van der Waals surface area contributed by atoms with Crippen molar-refractivity contribution in [2.24, 2.45) is 0 Å². The fourth-order valence-electron chi connectivity index (χ4n) is 1.85. The number of amides is 1. The Morgan fingerprint density at radius 1 is 1.47 bits per heavy atom. The zero-order valence-corrected chi connectivity index (χ0v) is 10.1. The third-order valence-corrected chi connectivity index (χ3v) is 3.18. The van der Waals surface area contributed by atoms with E-state index in [1.165, 1.54) is 12.8 Å². The highest BCUT2D eigenvalue weighted by Gasteiger charge is 2.20. The van der Waals surface area contributed by atoms with Crippen LogP contribution in [0.5, 0.6) is 0 Å². The maximum Gasteiger partial charge on any atom is 0.236 e. The van der Waals surface area contributed by atoms with Gasteiger partial charge in [0.15, 0.2) is 0 Å². The van der Waals surface area contributed by atoms with Crippen LogP contribution in [0.4, 0.5) is 0 Å². The lowest BCUT2D eigenvalue weighted by atomic mass is 10.1. The molecule has 0 spiro atoms. The van der Waals surface area contributed by atoms with Gasteiger partial charge in [0.2, 0.25) is 5.91 Å². The van der Waals surface area contributed by atoms with Crippen molar-refractivity contribution in [2.45, 2.75) is 25.8 Å². The molecule has 1 heterocycles. The third kappa shape index (κ3) is 3.80. The van der Waals surface area contributed by atoms with E-state index in [2.05, 4.69) is 10.2 Å². The Morgan fingerprint density at radius 3 is 2.73 bits per heavy atom. The van der Waals surface area contributed by atoms with Crippen LogP contribution in [0.1, 0.15) is 19.8 Å². The Bertz CT molecular complexity index is 202. The summed E-state index contributed by atoms with van der Waals surface area (Å²) in [6.45, 7) is 5.46. The van der Waals surface area contributed by atoms with Gasteiger partial charge in [-0.25, -0.2) is 0 Å². The summed E-state index contributed by atoms with van der Waals surface area (Å²) in [5, 5.41) is 3.37. The number of carbonyl (C=O) groups is 1. The number of nitrogens with zero attached hydrogens (tertiary/aromatic N) is 2. The third-order valence-electron chi connectivity index (χ3n) is 3.18. The first kappa shape index (κ1) is 12.5. The highest BCUT2D eigenvalue weighted by Crippen LogP contribution is 2.08. The largest absolute Gasteiger partial charge is 0.345 e. The topological polar surface area (TPSA) is 35.6 Å². The molecule has 0 aromatic rings. The van der Waals surface area contributed by atoms with Gasteiger partial charge in [0, 0.05) is 26.2 Å². The average molecular weight is 213 g/mol. The van der Waals surface area contributed by atoms with Crippen LogP contribution < -0.4 is 5.32 Å². The van der Waals surface area contributed by atoms with E-state index in [-0.39, 0.29) is 5.91 Å². The van der Waals surface area contributed by atoms with Gasteiger partial charge < -0.3 is 10.2 Å². The molecule has 1 rings (SSSR count). The fraction of sp³-hybridized carbons (Fsp3) is 0.909. The minimum Gasteiger partial charge on any atom is -0.345 e. The van der Waals surface area contributed by atoms with Crippen LogP contribution in [-0.2, 0) is 4.79 Å². The van der Waals surface area contributed by atoms with E-state index in [1.807, 2.05) is 21.0 Å². The molecule has 4 heteroatoms. The second kappa shape index (κ2) is 6.08. The van der Waals surface area contributed by atoms with Gasteiger partial charge in [-0.15, -0.1) is 0 Å². The van der Waals surface area contributed by atoms with Crippen molar-refractivity contribution in [3.8, 4) is 0 Å². The first-order chi connectivity index (χ1) is 7.15. The molecule has 4 nitrogen and oxygen atoms in total. The van der Waals surface area contributed by atoms with Crippen LogP contribution in [0.2, 0.25) is 0 Å². The molecule has 1 aliphatic rings. The van der Waals surface area contributed by atoms with Crippen LogP contribution in [0.15, 0.2) is 0 Å². The van der Waals surface area contributed by atoms with Crippen molar-refractivity contribution in [1.29, 1.82) is 0 Å². The lowest BCUT2D eigenvalue weighted by molar-refractivity contribution is -0.131. The number of nitrogens with one attached hydrogen (secondary N) is 1. The molecular formula is C11H23N3O. The first-order valence-electron chi connectivity index (χ1n) is 5.80. The van der Waals surface area contributed by atoms with Crippen molar-refractivity contribution < 1.29 is 4.79 Å². The summed E-state index contributed by atoms with van der Waals surface area (Å²) in [6.07, 6.45) is 2.42. The number of hydrogen-bond acceptors (Lipinski definition) is 3. The molecular weight excluding hydrogens is 190 g/mol. The van der Waals surface area contributed by atoms with E-state index in [1.54, 1.807) is 4.90 Å². The SMILES string of the molecule is CCN(C)C(=O)CN(C)C1CCCNC1. The Hall–Kier alpha value is -0.610. The van der Waals surface area contributed by atoms with Gasteiger partial charge in [0.1, 0.15) is 0 Å². The van der Waals surface area contributed by atoms with Gasteiger partial charge >= 0.3 is 0 Å².